The minimum absolute atomic E-state index is 0.412. The molecule has 0 atom stereocenters. The van der Waals surface area contributed by atoms with Crippen LogP contribution in [-0.4, -0.2) is 49.7 Å². The summed E-state index contributed by atoms with van der Waals surface area (Å²) >= 11 is 5.56. The maximum Gasteiger partial charge on any atom is 0.121 e. The lowest BCUT2D eigenvalue weighted by Gasteiger charge is -2.22. The molecule has 0 aromatic rings. The SMILES string of the molecule is C=C(Cl)/C=N\C(=C)N(C)CCN(C)CC. The average molecular weight is 230 g/mol. The van der Waals surface area contributed by atoms with Gasteiger partial charge in [0, 0.05) is 26.4 Å². The molecule has 0 bridgehead atoms. The Morgan fingerprint density at radius 3 is 2.40 bits per heavy atom. The van der Waals surface area contributed by atoms with Gasteiger partial charge in [-0.3, -0.25) is 0 Å². The average Bonchev–Trinajstić information content (AvgIpc) is 2.21. The van der Waals surface area contributed by atoms with Crippen LogP contribution in [0.1, 0.15) is 6.92 Å². The van der Waals surface area contributed by atoms with Gasteiger partial charge in [0.05, 0.1) is 5.03 Å². The lowest BCUT2D eigenvalue weighted by Crippen LogP contribution is -2.29. The zero-order chi connectivity index (χ0) is 11.8. The Bertz CT molecular complexity index is 248. The Kier molecular flexibility index (Phi) is 7.09. The van der Waals surface area contributed by atoms with Gasteiger partial charge in [-0.1, -0.05) is 31.7 Å². The quantitative estimate of drug-likeness (QED) is 0.623. The Balaban J connectivity index is 3.94. The fourth-order valence-electron chi connectivity index (χ4n) is 0.851. The summed E-state index contributed by atoms with van der Waals surface area (Å²) < 4.78 is 0. The molecule has 0 N–H and O–H groups in total. The molecule has 4 heteroatoms. The van der Waals surface area contributed by atoms with Crippen molar-refractivity contribution >= 4 is 17.8 Å². The van der Waals surface area contributed by atoms with E-state index in [0.717, 1.165) is 19.6 Å². The smallest absolute Gasteiger partial charge is 0.121 e. The molecular weight excluding hydrogens is 210 g/mol. The van der Waals surface area contributed by atoms with Crippen molar-refractivity contribution in [3.8, 4) is 0 Å². The second-order valence-corrected chi connectivity index (χ2v) is 3.92. The first-order valence-corrected chi connectivity index (χ1v) is 5.32. The maximum atomic E-state index is 5.56. The summed E-state index contributed by atoms with van der Waals surface area (Å²) in [5.74, 6) is 0.696. The molecule has 15 heavy (non-hydrogen) atoms. The highest BCUT2D eigenvalue weighted by molar-refractivity contribution is 6.38. The van der Waals surface area contributed by atoms with Crippen molar-refractivity contribution in [1.82, 2.24) is 9.80 Å². The largest absolute Gasteiger partial charge is 0.359 e. The molecule has 3 nitrogen and oxygen atoms in total. The number of hydrogen-bond acceptors (Lipinski definition) is 3. The van der Waals surface area contributed by atoms with E-state index in [1.165, 1.54) is 6.21 Å². The molecule has 0 fully saturated rings. The van der Waals surface area contributed by atoms with Crippen LogP contribution in [0.25, 0.3) is 0 Å². The highest BCUT2D eigenvalue weighted by Crippen LogP contribution is 2.01. The van der Waals surface area contributed by atoms with Gasteiger partial charge < -0.3 is 9.80 Å². The molecule has 0 unspecified atom stereocenters. The molecule has 0 amide bonds. The van der Waals surface area contributed by atoms with Gasteiger partial charge in [0.1, 0.15) is 5.82 Å². The van der Waals surface area contributed by atoms with Crippen molar-refractivity contribution in [2.24, 2.45) is 4.99 Å². The minimum Gasteiger partial charge on any atom is -0.359 e. The molecule has 0 aromatic carbocycles. The van der Waals surface area contributed by atoms with Crippen LogP contribution in [0.2, 0.25) is 0 Å². The fraction of sp³-hybridized carbons (Fsp3) is 0.545. The van der Waals surface area contributed by atoms with Gasteiger partial charge in [-0.15, -0.1) is 0 Å². The number of rotatable bonds is 7. The van der Waals surface area contributed by atoms with E-state index in [1.807, 2.05) is 11.9 Å². The molecular formula is C11H20ClN3. The van der Waals surface area contributed by atoms with Crippen LogP contribution >= 0.6 is 11.6 Å². The van der Waals surface area contributed by atoms with Crippen molar-refractivity contribution in [3.63, 3.8) is 0 Å². The maximum absolute atomic E-state index is 5.56. The van der Waals surface area contributed by atoms with E-state index in [-0.39, 0.29) is 0 Å². The van der Waals surface area contributed by atoms with Crippen LogP contribution in [0.15, 0.2) is 29.0 Å². The standard InChI is InChI=1S/C11H20ClN3/c1-6-14(4)7-8-15(5)11(3)13-9-10(2)12/h9H,2-3,6-8H2,1,4-5H3/b13-9-. The Morgan fingerprint density at radius 2 is 1.93 bits per heavy atom. The lowest BCUT2D eigenvalue weighted by molar-refractivity contribution is 0.296. The first kappa shape index (κ1) is 14.2. The summed E-state index contributed by atoms with van der Waals surface area (Å²) in [5.41, 5.74) is 0. The predicted molar refractivity (Wildman–Crippen MR) is 68.4 cm³/mol. The van der Waals surface area contributed by atoms with Crippen molar-refractivity contribution in [2.75, 3.05) is 33.7 Å². The van der Waals surface area contributed by atoms with Crippen molar-refractivity contribution in [2.45, 2.75) is 6.92 Å². The molecule has 86 valence electrons. The van der Waals surface area contributed by atoms with Gasteiger partial charge in [0.15, 0.2) is 0 Å². The summed E-state index contributed by atoms with van der Waals surface area (Å²) in [6.45, 7) is 12.4. The Morgan fingerprint density at radius 1 is 1.33 bits per heavy atom. The molecule has 0 aromatic heterocycles. The third-order valence-corrected chi connectivity index (χ3v) is 2.25. The summed E-state index contributed by atoms with van der Waals surface area (Å²) in [6.07, 6.45) is 1.50. The molecule has 0 aliphatic heterocycles. The summed E-state index contributed by atoms with van der Waals surface area (Å²) in [4.78, 5) is 8.30. The highest BCUT2D eigenvalue weighted by Gasteiger charge is 2.01. The van der Waals surface area contributed by atoms with Gasteiger partial charge in [0.25, 0.3) is 0 Å². The van der Waals surface area contributed by atoms with Crippen molar-refractivity contribution in [3.05, 3.63) is 24.0 Å². The van der Waals surface area contributed by atoms with Gasteiger partial charge in [-0.25, -0.2) is 4.99 Å². The van der Waals surface area contributed by atoms with Crippen LogP contribution in [0, 0.1) is 0 Å². The van der Waals surface area contributed by atoms with E-state index in [4.69, 9.17) is 11.6 Å². The summed E-state index contributed by atoms with van der Waals surface area (Å²) in [7, 11) is 4.04. The molecule has 0 heterocycles. The van der Waals surface area contributed by atoms with Crippen LogP contribution in [-0.2, 0) is 0 Å². The second kappa shape index (κ2) is 7.49. The van der Waals surface area contributed by atoms with Crippen LogP contribution in [0.5, 0.6) is 0 Å². The van der Waals surface area contributed by atoms with Gasteiger partial charge in [0.2, 0.25) is 0 Å². The van der Waals surface area contributed by atoms with E-state index in [2.05, 4.69) is 37.0 Å². The number of hydrogen-bond donors (Lipinski definition) is 0. The second-order valence-electron chi connectivity index (χ2n) is 3.44. The molecule has 0 aliphatic carbocycles. The summed E-state index contributed by atoms with van der Waals surface area (Å²) in [6, 6.07) is 0. The zero-order valence-electron chi connectivity index (χ0n) is 9.83. The normalized spacial score (nSPS) is 11.0. The van der Waals surface area contributed by atoms with E-state index in [9.17, 15) is 0 Å². The zero-order valence-corrected chi connectivity index (χ0v) is 10.6. The first-order valence-electron chi connectivity index (χ1n) is 4.94. The first-order chi connectivity index (χ1) is 6.97. The van der Waals surface area contributed by atoms with Crippen molar-refractivity contribution < 1.29 is 0 Å². The highest BCUT2D eigenvalue weighted by atomic mass is 35.5. The Hall–Kier alpha value is -0.800. The van der Waals surface area contributed by atoms with E-state index < -0.39 is 0 Å². The van der Waals surface area contributed by atoms with Crippen LogP contribution < -0.4 is 0 Å². The van der Waals surface area contributed by atoms with Crippen LogP contribution in [0.3, 0.4) is 0 Å². The predicted octanol–water partition coefficient (Wildman–Crippen LogP) is 2.16. The number of allylic oxidation sites excluding steroid dienone is 1. The number of aliphatic imine (C=N–C) groups is 1. The number of likely N-dealkylation sites (N-methyl/N-ethyl adjacent to an activating group) is 2. The van der Waals surface area contributed by atoms with E-state index in [0.29, 0.717) is 10.9 Å². The molecule has 0 radical (unpaired) electrons. The van der Waals surface area contributed by atoms with E-state index >= 15 is 0 Å². The third kappa shape index (κ3) is 7.17. The molecule has 0 rings (SSSR count). The van der Waals surface area contributed by atoms with Crippen LogP contribution in [0.4, 0.5) is 0 Å². The topological polar surface area (TPSA) is 18.8 Å². The van der Waals surface area contributed by atoms with Gasteiger partial charge in [-0.05, 0) is 13.6 Å². The lowest BCUT2D eigenvalue weighted by atomic mass is 10.5. The number of nitrogens with zero attached hydrogens (tertiary/aromatic N) is 3. The fourth-order valence-corrected chi connectivity index (χ4v) is 0.900. The minimum atomic E-state index is 0.412. The monoisotopic (exact) mass is 229 g/mol. The Labute approximate surface area is 97.7 Å². The molecule has 0 saturated heterocycles. The van der Waals surface area contributed by atoms with E-state index in [1.54, 1.807) is 0 Å². The molecule has 0 spiro atoms. The number of halogens is 1. The van der Waals surface area contributed by atoms with Gasteiger partial charge >= 0.3 is 0 Å². The third-order valence-electron chi connectivity index (χ3n) is 2.15. The summed E-state index contributed by atoms with van der Waals surface area (Å²) in [5, 5.41) is 0.412. The van der Waals surface area contributed by atoms with Crippen molar-refractivity contribution in [1.29, 1.82) is 0 Å². The molecule has 0 saturated carbocycles. The van der Waals surface area contributed by atoms with Gasteiger partial charge in [-0.2, -0.15) is 0 Å². The molecule has 0 aliphatic rings.